The van der Waals surface area contributed by atoms with Crippen molar-refractivity contribution in [1.82, 2.24) is 15.4 Å². The van der Waals surface area contributed by atoms with Crippen LogP contribution >= 0.6 is 15.9 Å². The quantitative estimate of drug-likeness (QED) is 0.737. The van der Waals surface area contributed by atoms with Crippen molar-refractivity contribution in [3.63, 3.8) is 0 Å². The number of hydrogen-bond donors (Lipinski definition) is 1. The summed E-state index contributed by atoms with van der Waals surface area (Å²) in [4.78, 5) is 28.7. The predicted molar refractivity (Wildman–Crippen MR) is 101 cm³/mol. The molecule has 0 aliphatic heterocycles. The van der Waals surface area contributed by atoms with E-state index in [1.54, 1.807) is 33.9 Å². The van der Waals surface area contributed by atoms with Crippen LogP contribution < -0.4 is 5.43 Å². The number of aromatic nitrogens is 1. The van der Waals surface area contributed by atoms with Crippen LogP contribution in [0.3, 0.4) is 0 Å². The van der Waals surface area contributed by atoms with Crippen LogP contribution in [-0.4, -0.2) is 34.4 Å². The molecular formula is C18H22BrN3O4. The van der Waals surface area contributed by atoms with Gasteiger partial charge in [-0.1, -0.05) is 22.0 Å². The first-order chi connectivity index (χ1) is 12.3. The highest BCUT2D eigenvalue weighted by molar-refractivity contribution is 9.10. The molecule has 2 aromatic rings. The second-order valence-corrected chi connectivity index (χ2v) is 7.14. The number of benzene rings is 1. The topological polar surface area (TPSA) is 80.8 Å². The molecule has 0 saturated heterocycles. The van der Waals surface area contributed by atoms with Gasteiger partial charge in [0, 0.05) is 21.6 Å². The number of hydrazine groups is 1. The zero-order valence-electron chi connectivity index (χ0n) is 15.2. The summed E-state index contributed by atoms with van der Waals surface area (Å²) in [6.07, 6.45) is -0.369. The van der Waals surface area contributed by atoms with Crippen LogP contribution in [0, 0.1) is 0 Å². The van der Waals surface area contributed by atoms with Crippen molar-refractivity contribution in [2.75, 3.05) is 0 Å². The maximum atomic E-state index is 12.4. The van der Waals surface area contributed by atoms with Gasteiger partial charge in [0.05, 0.1) is 24.3 Å². The minimum atomic E-state index is -0.729. The number of halogens is 1. The molecule has 7 nitrogen and oxygen atoms in total. The summed E-state index contributed by atoms with van der Waals surface area (Å²) in [5.74, 6) is 0. The van der Waals surface area contributed by atoms with E-state index in [0.29, 0.717) is 0 Å². The van der Waals surface area contributed by atoms with Crippen molar-refractivity contribution in [2.45, 2.75) is 46.4 Å². The van der Waals surface area contributed by atoms with Crippen LogP contribution in [0.25, 0.3) is 10.9 Å². The molecule has 0 aliphatic carbocycles. The van der Waals surface area contributed by atoms with Gasteiger partial charge in [0.2, 0.25) is 0 Å². The summed E-state index contributed by atoms with van der Waals surface area (Å²) in [6.45, 7) is 6.99. The van der Waals surface area contributed by atoms with E-state index in [1.807, 2.05) is 24.3 Å². The van der Waals surface area contributed by atoms with Crippen LogP contribution in [0.5, 0.6) is 0 Å². The molecule has 0 spiro atoms. The lowest BCUT2D eigenvalue weighted by Gasteiger charge is -2.24. The molecule has 0 saturated carbocycles. The van der Waals surface area contributed by atoms with Gasteiger partial charge in [-0.05, 0) is 45.9 Å². The molecule has 0 atom stereocenters. The number of fused-ring (bicyclic) bond motifs is 1. The first-order valence-corrected chi connectivity index (χ1v) is 9.04. The van der Waals surface area contributed by atoms with Gasteiger partial charge in [0.1, 0.15) is 0 Å². The summed E-state index contributed by atoms with van der Waals surface area (Å²) in [5.41, 5.74) is 3.92. The summed E-state index contributed by atoms with van der Waals surface area (Å²) in [6, 6.07) is 7.54. The minimum absolute atomic E-state index is 0.0751. The Kier molecular flexibility index (Phi) is 6.79. The zero-order valence-corrected chi connectivity index (χ0v) is 16.7. The fourth-order valence-electron chi connectivity index (χ4n) is 2.28. The minimum Gasteiger partial charge on any atom is -0.446 e. The van der Waals surface area contributed by atoms with E-state index < -0.39 is 12.2 Å². The Balaban J connectivity index is 2.31. The highest BCUT2D eigenvalue weighted by atomic mass is 79.9. The number of nitrogens with one attached hydrogen (secondary N) is 1. The maximum absolute atomic E-state index is 12.4. The third-order valence-corrected chi connectivity index (χ3v) is 3.66. The second-order valence-electron chi connectivity index (χ2n) is 6.22. The third kappa shape index (κ3) is 5.59. The van der Waals surface area contributed by atoms with Gasteiger partial charge in [-0.25, -0.2) is 20.0 Å². The van der Waals surface area contributed by atoms with Gasteiger partial charge in [-0.2, -0.15) is 0 Å². The number of carbonyl (C=O) groups excluding carboxylic acids is 2. The van der Waals surface area contributed by atoms with Crippen molar-refractivity contribution in [2.24, 2.45) is 0 Å². The number of carbonyl (C=O) groups is 2. The molecule has 1 aromatic heterocycles. The smallest absolute Gasteiger partial charge is 0.429 e. The van der Waals surface area contributed by atoms with Gasteiger partial charge >= 0.3 is 12.2 Å². The largest absolute Gasteiger partial charge is 0.446 e. The van der Waals surface area contributed by atoms with Crippen LogP contribution in [0.15, 0.2) is 34.9 Å². The molecule has 26 heavy (non-hydrogen) atoms. The monoisotopic (exact) mass is 423 g/mol. The molecule has 2 amide bonds. The van der Waals surface area contributed by atoms with E-state index in [1.165, 1.54) is 0 Å². The Morgan fingerprint density at radius 1 is 1.19 bits per heavy atom. The maximum Gasteiger partial charge on any atom is 0.429 e. The van der Waals surface area contributed by atoms with Gasteiger partial charge in [-0.3, -0.25) is 4.98 Å². The van der Waals surface area contributed by atoms with Crippen molar-refractivity contribution in [3.05, 3.63) is 40.5 Å². The van der Waals surface area contributed by atoms with Crippen LogP contribution in [0.1, 0.15) is 33.3 Å². The van der Waals surface area contributed by atoms with E-state index in [0.717, 1.165) is 25.9 Å². The first-order valence-electron chi connectivity index (χ1n) is 8.25. The van der Waals surface area contributed by atoms with Crippen molar-refractivity contribution >= 4 is 39.0 Å². The molecule has 1 heterocycles. The summed E-state index contributed by atoms with van der Waals surface area (Å²) in [7, 11) is 0. The number of ether oxygens (including phenoxy) is 2. The molecular weight excluding hydrogens is 402 g/mol. The Hall–Kier alpha value is -2.35. The predicted octanol–water partition coefficient (Wildman–Crippen LogP) is 4.39. The normalized spacial score (nSPS) is 10.9. The van der Waals surface area contributed by atoms with Crippen LogP contribution in [-0.2, 0) is 16.0 Å². The first kappa shape index (κ1) is 20.0. The SMILES string of the molecule is CC(C)OC(=O)NN(Cc1cc(Br)cc2cccnc12)C(=O)OC(C)C. The number of nitrogens with zero attached hydrogens (tertiary/aromatic N) is 2. The molecule has 1 aromatic carbocycles. The standard InChI is InChI=1S/C18H22BrN3O4/c1-11(2)25-17(23)21-22(18(24)26-12(3)4)10-14-9-15(19)8-13-6-5-7-20-16(13)14/h5-9,11-12H,10H2,1-4H3,(H,21,23). The van der Waals surface area contributed by atoms with E-state index in [2.05, 4.69) is 26.3 Å². The number of pyridine rings is 1. The van der Waals surface area contributed by atoms with Gasteiger partial charge in [0.15, 0.2) is 0 Å². The van der Waals surface area contributed by atoms with Gasteiger partial charge in [0.25, 0.3) is 0 Å². The highest BCUT2D eigenvalue weighted by Crippen LogP contribution is 2.23. The number of hydrogen-bond acceptors (Lipinski definition) is 5. The van der Waals surface area contributed by atoms with Crippen LogP contribution in [0.4, 0.5) is 9.59 Å². The molecule has 0 radical (unpaired) electrons. The summed E-state index contributed by atoms with van der Waals surface area (Å²) < 4.78 is 11.1. The van der Waals surface area contributed by atoms with E-state index in [9.17, 15) is 9.59 Å². The molecule has 0 unspecified atom stereocenters. The van der Waals surface area contributed by atoms with Gasteiger partial charge < -0.3 is 9.47 Å². The molecule has 0 aliphatic rings. The fourth-order valence-corrected chi connectivity index (χ4v) is 2.81. The lowest BCUT2D eigenvalue weighted by Crippen LogP contribution is -2.47. The van der Waals surface area contributed by atoms with E-state index in [-0.39, 0.29) is 18.8 Å². The lowest BCUT2D eigenvalue weighted by atomic mass is 10.1. The van der Waals surface area contributed by atoms with E-state index >= 15 is 0 Å². The van der Waals surface area contributed by atoms with Crippen molar-refractivity contribution in [1.29, 1.82) is 0 Å². The average Bonchev–Trinajstić information content (AvgIpc) is 2.52. The Morgan fingerprint density at radius 3 is 2.54 bits per heavy atom. The second kappa shape index (κ2) is 8.84. The average molecular weight is 424 g/mol. The molecule has 0 fully saturated rings. The van der Waals surface area contributed by atoms with Crippen molar-refractivity contribution < 1.29 is 19.1 Å². The molecule has 0 bridgehead atoms. The molecule has 1 N–H and O–H groups in total. The van der Waals surface area contributed by atoms with Crippen LogP contribution in [0.2, 0.25) is 0 Å². The van der Waals surface area contributed by atoms with Gasteiger partial charge in [-0.15, -0.1) is 0 Å². The number of amides is 2. The lowest BCUT2D eigenvalue weighted by molar-refractivity contribution is 0.0445. The molecule has 140 valence electrons. The summed E-state index contributed by atoms with van der Waals surface area (Å²) >= 11 is 3.46. The molecule has 2 rings (SSSR count). The third-order valence-electron chi connectivity index (χ3n) is 3.20. The number of rotatable bonds is 4. The Bertz CT molecular complexity index is 795. The highest BCUT2D eigenvalue weighted by Gasteiger charge is 2.22. The van der Waals surface area contributed by atoms with E-state index in [4.69, 9.17) is 9.47 Å². The zero-order chi connectivity index (χ0) is 19.3. The Labute approximate surface area is 160 Å². The van der Waals surface area contributed by atoms with Crippen molar-refractivity contribution in [3.8, 4) is 0 Å². The molecule has 8 heteroatoms. The summed E-state index contributed by atoms with van der Waals surface area (Å²) in [5, 5.41) is 2.00. The fraction of sp³-hybridized carbons (Fsp3) is 0.389. The Morgan fingerprint density at radius 2 is 1.88 bits per heavy atom.